The average Bonchev–Trinajstić information content (AvgIpc) is 3.47. The molecule has 4 rings (SSSR count). The topological polar surface area (TPSA) is 81.3 Å². The van der Waals surface area contributed by atoms with Crippen LogP contribution in [-0.4, -0.2) is 35.8 Å². The van der Waals surface area contributed by atoms with Gasteiger partial charge in [-0.1, -0.05) is 41.9 Å². The summed E-state index contributed by atoms with van der Waals surface area (Å²) in [5, 5.41) is 6.40. The fourth-order valence-corrected chi connectivity index (χ4v) is 3.49. The van der Waals surface area contributed by atoms with Gasteiger partial charge in [0.05, 0.1) is 12.0 Å². The minimum Gasteiger partial charge on any atom is -0.482 e. The van der Waals surface area contributed by atoms with Crippen LogP contribution in [0.5, 0.6) is 5.75 Å². The summed E-state index contributed by atoms with van der Waals surface area (Å²) in [6.45, 7) is 1.13. The first-order valence-corrected chi connectivity index (χ1v) is 10.4. The number of amides is 1. The third kappa shape index (κ3) is 5.00. The average molecular weight is 453 g/mol. The summed E-state index contributed by atoms with van der Waals surface area (Å²) < 4.78 is 16.1. The molecular weight excluding hydrogens is 432 g/mol. The molecule has 3 aromatic rings. The molecule has 7 nitrogen and oxygen atoms in total. The quantitative estimate of drug-likeness (QED) is 0.491. The van der Waals surface area contributed by atoms with Crippen LogP contribution in [0.3, 0.4) is 0 Å². The number of carbonyl (C=O) groups excluding carboxylic acids is 2. The molecule has 1 aliphatic heterocycles. The molecular formula is C24H21ClN2O5. The second kappa shape index (κ2) is 9.70. The molecule has 1 unspecified atom stereocenters. The molecule has 0 radical (unpaired) electrons. The number of ether oxygens (including phenoxy) is 2. The molecule has 0 spiro atoms. The van der Waals surface area contributed by atoms with Gasteiger partial charge in [-0.3, -0.25) is 4.79 Å². The second-order valence-corrected chi connectivity index (χ2v) is 7.68. The van der Waals surface area contributed by atoms with E-state index in [0.29, 0.717) is 28.7 Å². The molecule has 8 heteroatoms. The highest BCUT2D eigenvalue weighted by molar-refractivity contribution is 6.30. The largest absolute Gasteiger partial charge is 0.482 e. The highest BCUT2D eigenvalue weighted by Crippen LogP contribution is 2.33. The van der Waals surface area contributed by atoms with Gasteiger partial charge in [-0.25, -0.2) is 9.80 Å². The standard InChI is InChI=1S/C24H21ClN2O5/c1-16-5-2-3-6-21(16)31-15-24(29)32-14-23(28)27-20(22-7-4-12-30-22)13-19(26-27)17-8-10-18(25)11-9-17/h2-12,20H,13-15H2,1H3. The molecule has 0 aliphatic carbocycles. The molecule has 0 saturated heterocycles. The van der Waals surface area contributed by atoms with Crippen LogP contribution in [0.1, 0.15) is 29.3 Å². The summed E-state index contributed by atoms with van der Waals surface area (Å²) in [5.74, 6) is 0.0857. The lowest BCUT2D eigenvalue weighted by molar-refractivity contribution is -0.154. The van der Waals surface area contributed by atoms with E-state index in [2.05, 4.69) is 5.10 Å². The molecule has 1 aliphatic rings. The Hall–Kier alpha value is -3.58. The Labute approximate surface area is 190 Å². The fraction of sp³-hybridized carbons (Fsp3) is 0.208. The van der Waals surface area contributed by atoms with Crippen molar-refractivity contribution in [2.75, 3.05) is 13.2 Å². The minimum atomic E-state index is -0.641. The van der Waals surface area contributed by atoms with E-state index < -0.39 is 24.5 Å². The first kappa shape index (κ1) is 21.6. The number of hydrazone groups is 1. The van der Waals surface area contributed by atoms with Crippen molar-refractivity contribution in [2.24, 2.45) is 5.10 Å². The van der Waals surface area contributed by atoms with Crippen molar-refractivity contribution in [3.63, 3.8) is 0 Å². The van der Waals surface area contributed by atoms with E-state index in [0.717, 1.165) is 11.1 Å². The Bertz CT molecular complexity index is 1130. The summed E-state index contributed by atoms with van der Waals surface area (Å²) in [4.78, 5) is 24.9. The molecule has 32 heavy (non-hydrogen) atoms. The number of hydrogen-bond acceptors (Lipinski definition) is 6. The fourth-order valence-electron chi connectivity index (χ4n) is 3.36. The molecule has 0 fully saturated rings. The van der Waals surface area contributed by atoms with Crippen LogP contribution < -0.4 is 4.74 Å². The maximum Gasteiger partial charge on any atom is 0.344 e. The van der Waals surface area contributed by atoms with E-state index in [4.69, 9.17) is 25.5 Å². The molecule has 1 atom stereocenters. The Morgan fingerprint density at radius 3 is 2.59 bits per heavy atom. The first-order chi connectivity index (χ1) is 15.5. The van der Waals surface area contributed by atoms with Gasteiger partial charge in [0.2, 0.25) is 0 Å². The molecule has 2 aromatic carbocycles. The SMILES string of the molecule is Cc1ccccc1OCC(=O)OCC(=O)N1N=C(c2ccc(Cl)cc2)CC1c1ccco1. The number of rotatable bonds is 7. The molecule has 0 N–H and O–H groups in total. The van der Waals surface area contributed by atoms with E-state index in [1.807, 2.05) is 37.3 Å². The third-order valence-corrected chi connectivity index (χ3v) is 5.26. The van der Waals surface area contributed by atoms with E-state index in [-0.39, 0.29) is 6.61 Å². The summed E-state index contributed by atoms with van der Waals surface area (Å²) in [7, 11) is 0. The maximum absolute atomic E-state index is 12.9. The highest BCUT2D eigenvalue weighted by Gasteiger charge is 2.35. The smallest absolute Gasteiger partial charge is 0.344 e. The van der Waals surface area contributed by atoms with E-state index in [9.17, 15) is 9.59 Å². The van der Waals surface area contributed by atoms with Crippen molar-refractivity contribution >= 4 is 29.2 Å². The number of carbonyl (C=O) groups is 2. The van der Waals surface area contributed by atoms with Gasteiger partial charge in [0.15, 0.2) is 13.2 Å². The highest BCUT2D eigenvalue weighted by atomic mass is 35.5. The molecule has 164 valence electrons. The van der Waals surface area contributed by atoms with Crippen LogP contribution in [0.25, 0.3) is 0 Å². The normalized spacial score (nSPS) is 15.4. The van der Waals surface area contributed by atoms with Gasteiger partial charge in [-0.2, -0.15) is 5.10 Å². The zero-order valence-corrected chi connectivity index (χ0v) is 18.1. The second-order valence-electron chi connectivity index (χ2n) is 7.24. The van der Waals surface area contributed by atoms with Gasteiger partial charge < -0.3 is 13.9 Å². The van der Waals surface area contributed by atoms with Gasteiger partial charge in [-0.05, 0) is 48.4 Å². The molecule has 2 heterocycles. The van der Waals surface area contributed by atoms with Crippen molar-refractivity contribution in [1.29, 1.82) is 0 Å². The zero-order chi connectivity index (χ0) is 22.5. The van der Waals surface area contributed by atoms with Crippen LogP contribution in [0, 0.1) is 6.92 Å². The summed E-state index contributed by atoms with van der Waals surface area (Å²) in [6, 6.07) is 17.7. The number of aryl methyl sites for hydroxylation is 1. The Kier molecular flexibility index (Phi) is 6.56. The van der Waals surface area contributed by atoms with Crippen LogP contribution >= 0.6 is 11.6 Å². The van der Waals surface area contributed by atoms with Crippen LogP contribution in [0.4, 0.5) is 0 Å². The van der Waals surface area contributed by atoms with E-state index in [1.54, 1.807) is 36.6 Å². The van der Waals surface area contributed by atoms with Gasteiger partial charge in [-0.15, -0.1) is 0 Å². The number of nitrogens with zero attached hydrogens (tertiary/aromatic N) is 2. The third-order valence-electron chi connectivity index (χ3n) is 5.01. The van der Waals surface area contributed by atoms with Crippen LogP contribution in [-0.2, 0) is 14.3 Å². The summed E-state index contributed by atoms with van der Waals surface area (Å²) in [5.41, 5.74) is 2.47. The summed E-state index contributed by atoms with van der Waals surface area (Å²) >= 11 is 5.97. The van der Waals surface area contributed by atoms with Gasteiger partial charge in [0.25, 0.3) is 5.91 Å². The Morgan fingerprint density at radius 2 is 1.88 bits per heavy atom. The van der Waals surface area contributed by atoms with E-state index >= 15 is 0 Å². The van der Waals surface area contributed by atoms with Crippen molar-refractivity contribution in [1.82, 2.24) is 5.01 Å². The van der Waals surface area contributed by atoms with Gasteiger partial charge in [0.1, 0.15) is 17.6 Å². The molecule has 0 bridgehead atoms. The molecule has 0 saturated carbocycles. The molecule has 1 amide bonds. The van der Waals surface area contributed by atoms with Crippen LogP contribution in [0.2, 0.25) is 5.02 Å². The number of esters is 1. The number of para-hydroxylation sites is 1. The van der Waals surface area contributed by atoms with Crippen molar-refractivity contribution < 1.29 is 23.5 Å². The lowest BCUT2D eigenvalue weighted by Gasteiger charge is -2.19. The minimum absolute atomic E-state index is 0.293. The zero-order valence-electron chi connectivity index (χ0n) is 17.4. The maximum atomic E-state index is 12.9. The Balaban J connectivity index is 1.41. The number of hydrogen-bond donors (Lipinski definition) is 0. The van der Waals surface area contributed by atoms with Crippen LogP contribution in [0.15, 0.2) is 76.4 Å². The van der Waals surface area contributed by atoms with Crippen molar-refractivity contribution in [3.05, 3.63) is 88.8 Å². The monoisotopic (exact) mass is 452 g/mol. The first-order valence-electron chi connectivity index (χ1n) is 10.0. The summed E-state index contributed by atoms with van der Waals surface area (Å²) in [6.07, 6.45) is 2.01. The lowest BCUT2D eigenvalue weighted by Crippen LogP contribution is -2.32. The van der Waals surface area contributed by atoms with Crippen molar-refractivity contribution in [3.8, 4) is 5.75 Å². The number of halogens is 1. The number of furan rings is 1. The number of benzene rings is 2. The predicted molar refractivity (Wildman–Crippen MR) is 119 cm³/mol. The van der Waals surface area contributed by atoms with Gasteiger partial charge in [0, 0.05) is 11.4 Å². The molecule has 1 aromatic heterocycles. The van der Waals surface area contributed by atoms with E-state index in [1.165, 1.54) is 5.01 Å². The van der Waals surface area contributed by atoms with Gasteiger partial charge >= 0.3 is 5.97 Å². The lowest BCUT2D eigenvalue weighted by atomic mass is 10.0. The predicted octanol–water partition coefficient (Wildman–Crippen LogP) is 4.54. The Morgan fingerprint density at radius 1 is 1.09 bits per heavy atom. The van der Waals surface area contributed by atoms with Crippen molar-refractivity contribution in [2.45, 2.75) is 19.4 Å².